The molecule has 2 fully saturated rings. The fourth-order valence-corrected chi connectivity index (χ4v) is 3.29. The van der Waals surface area contributed by atoms with Gasteiger partial charge < -0.3 is 0 Å². The van der Waals surface area contributed by atoms with E-state index in [4.69, 9.17) is 0 Å². The van der Waals surface area contributed by atoms with E-state index in [2.05, 4.69) is 28.1 Å². The minimum absolute atomic E-state index is 0.801. The molecular weight excluding hydrogens is 208 g/mol. The van der Waals surface area contributed by atoms with Gasteiger partial charge in [0.2, 0.25) is 0 Å². The summed E-state index contributed by atoms with van der Waals surface area (Å²) in [6, 6.07) is 5.81. The summed E-state index contributed by atoms with van der Waals surface area (Å²) < 4.78 is 0. The molecule has 0 aliphatic carbocycles. The summed E-state index contributed by atoms with van der Waals surface area (Å²) in [7, 11) is 0. The summed E-state index contributed by atoms with van der Waals surface area (Å²) in [4.78, 5) is 6.86. The van der Waals surface area contributed by atoms with Gasteiger partial charge in [-0.15, -0.1) is 0 Å². The molecule has 2 aliphatic heterocycles. The van der Waals surface area contributed by atoms with Crippen LogP contribution in [0, 0.1) is 0 Å². The Morgan fingerprint density at radius 2 is 2.35 bits per heavy atom. The van der Waals surface area contributed by atoms with E-state index < -0.39 is 0 Å². The zero-order valence-electron chi connectivity index (χ0n) is 10.3. The van der Waals surface area contributed by atoms with Gasteiger partial charge in [0, 0.05) is 24.5 Å². The third-order valence-electron chi connectivity index (χ3n) is 4.13. The van der Waals surface area contributed by atoms with E-state index in [1.165, 1.54) is 44.2 Å². The Morgan fingerprint density at radius 3 is 3.24 bits per heavy atom. The normalized spacial score (nSPS) is 28.9. The smallest absolute Gasteiger partial charge is 0.0340 e. The number of pyridine rings is 1. The van der Waals surface area contributed by atoms with Crippen molar-refractivity contribution in [2.45, 2.75) is 44.2 Å². The zero-order valence-corrected chi connectivity index (χ0v) is 10.3. The van der Waals surface area contributed by atoms with E-state index in [0.717, 1.165) is 12.1 Å². The summed E-state index contributed by atoms with van der Waals surface area (Å²) >= 11 is 0. The second-order valence-corrected chi connectivity index (χ2v) is 5.19. The zero-order chi connectivity index (χ0) is 11.5. The molecule has 0 spiro atoms. The van der Waals surface area contributed by atoms with E-state index in [0.29, 0.717) is 0 Å². The molecule has 0 amide bonds. The molecule has 3 rings (SSSR count). The molecule has 0 saturated carbocycles. The number of hydrogen-bond acceptors (Lipinski definition) is 2. The van der Waals surface area contributed by atoms with Gasteiger partial charge in [0.25, 0.3) is 0 Å². The van der Waals surface area contributed by atoms with Crippen molar-refractivity contribution < 1.29 is 0 Å². The molecule has 2 heteroatoms. The lowest BCUT2D eigenvalue weighted by molar-refractivity contribution is 0.247. The van der Waals surface area contributed by atoms with Gasteiger partial charge in [-0.3, -0.25) is 9.88 Å². The number of fused-ring (bicyclic) bond motifs is 1. The van der Waals surface area contributed by atoms with Crippen LogP contribution in [0.3, 0.4) is 0 Å². The van der Waals surface area contributed by atoms with Crippen LogP contribution in [0.1, 0.15) is 37.7 Å². The first-order valence-electron chi connectivity index (χ1n) is 6.76. The van der Waals surface area contributed by atoms with Crippen LogP contribution in [0.15, 0.2) is 30.6 Å². The molecule has 17 heavy (non-hydrogen) atoms. The van der Waals surface area contributed by atoms with Crippen LogP contribution in [-0.2, 0) is 0 Å². The number of aromatic nitrogens is 1. The van der Waals surface area contributed by atoms with E-state index in [1.807, 2.05) is 18.5 Å². The van der Waals surface area contributed by atoms with Crippen LogP contribution in [0.25, 0.3) is 6.08 Å². The van der Waals surface area contributed by atoms with Crippen LogP contribution in [0.4, 0.5) is 0 Å². The topological polar surface area (TPSA) is 16.1 Å². The predicted octanol–water partition coefficient (Wildman–Crippen LogP) is 3.11. The Morgan fingerprint density at radius 1 is 1.35 bits per heavy atom. The van der Waals surface area contributed by atoms with Crippen molar-refractivity contribution in [3.63, 3.8) is 0 Å². The third kappa shape index (κ3) is 2.42. The first kappa shape index (κ1) is 11.0. The van der Waals surface area contributed by atoms with E-state index in [-0.39, 0.29) is 0 Å². The maximum atomic E-state index is 4.13. The van der Waals surface area contributed by atoms with Gasteiger partial charge in [0.05, 0.1) is 0 Å². The van der Waals surface area contributed by atoms with Gasteiger partial charge in [-0.2, -0.15) is 0 Å². The average Bonchev–Trinajstić information content (AvgIpc) is 2.95. The molecule has 2 nitrogen and oxygen atoms in total. The van der Waals surface area contributed by atoms with E-state index >= 15 is 0 Å². The molecule has 1 aromatic heterocycles. The Kier molecular flexibility index (Phi) is 3.23. The predicted molar refractivity (Wildman–Crippen MR) is 70.6 cm³/mol. The SMILES string of the molecule is C(=C\c1cccnc1)/CC1CCC2CCCN12. The van der Waals surface area contributed by atoms with Crippen LogP contribution in [0.5, 0.6) is 0 Å². The first-order valence-corrected chi connectivity index (χ1v) is 6.76. The Bertz CT molecular complexity index is 385. The molecule has 2 aliphatic rings. The largest absolute Gasteiger partial charge is 0.297 e. The highest BCUT2D eigenvalue weighted by Crippen LogP contribution is 2.33. The lowest BCUT2D eigenvalue weighted by atomic mass is 10.1. The van der Waals surface area contributed by atoms with Gasteiger partial charge in [-0.05, 0) is 50.3 Å². The van der Waals surface area contributed by atoms with Crippen molar-refractivity contribution in [3.05, 3.63) is 36.2 Å². The molecule has 0 aromatic carbocycles. The quantitative estimate of drug-likeness (QED) is 0.790. The van der Waals surface area contributed by atoms with Crippen molar-refractivity contribution >= 4 is 6.08 Å². The number of hydrogen-bond donors (Lipinski definition) is 0. The summed E-state index contributed by atoms with van der Waals surface area (Å²) in [5, 5.41) is 0. The fraction of sp³-hybridized carbons (Fsp3) is 0.533. The maximum absolute atomic E-state index is 4.13. The molecule has 2 saturated heterocycles. The van der Waals surface area contributed by atoms with Gasteiger partial charge in [-0.1, -0.05) is 18.2 Å². The van der Waals surface area contributed by atoms with Crippen LogP contribution >= 0.6 is 0 Å². The molecule has 2 unspecified atom stereocenters. The summed E-state index contributed by atoms with van der Waals surface area (Å²) in [5.41, 5.74) is 1.21. The van der Waals surface area contributed by atoms with Gasteiger partial charge in [-0.25, -0.2) is 0 Å². The van der Waals surface area contributed by atoms with Gasteiger partial charge >= 0.3 is 0 Å². The fourth-order valence-electron chi connectivity index (χ4n) is 3.29. The van der Waals surface area contributed by atoms with Crippen LogP contribution < -0.4 is 0 Å². The molecule has 0 N–H and O–H groups in total. The third-order valence-corrected chi connectivity index (χ3v) is 4.13. The molecule has 2 atom stereocenters. The Labute approximate surface area is 103 Å². The first-order chi connectivity index (χ1) is 8.43. The van der Waals surface area contributed by atoms with E-state index in [1.54, 1.807) is 0 Å². The Balaban J connectivity index is 1.56. The van der Waals surface area contributed by atoms with Crippen molar-refractivity contribution in [1.29, 1.82) is 0 Å². The second-order valence-electron chi connectivity index (χ2n) is 5.19. The summed E-state index contributed by atoms with van der Waals surface area (Å²) in [5.74, 6) is 0. The van der Waals surface area contributed by atoms with Crippen LogP contribution in [-0.4, -0.2) is 28.5 Å². The lowest BCUT2D eigenvalue weighted by Crippen LogP contribution is -2.30. The minimum atomic E-state index is 0.801. The Hall–Kier alpha value is -1.15. The van der Waals surface area contributed by atoms with Gasteiger partial charge in [0.1, 0.15) is 0 Å². The number of rotatable bonds is 3. The second kappa shape index (κ2) is 5.01. The molecule has 0 bridgehead atoms. The average molecular weight is 228 g/mol. The van der Waals surface area contributed by atoms with Crippen molar-refractivity contribution in [1.82, 2.24) is 9.88 Å². The number of nitrogens with zero attached hydrogens (tertiary/aromatic N) is 2. The highest BCUT2D eigenvalue weighted by atomic mass is 15.2. The van der Waals surface area contributed by atoms with E-state index in [9.17, 15) is 0 Å². The molecule has 90 valence electrons. The molecule has 3 heterocycles. The highest BCUT2D eigenvalue weighted by molar-refractivity contribution is 5.47. The summed E-state index contributed by atoms with van der Waals surface area (Å²) in [6.07, 6.45) is 15.1. The van der Waals surface area contributed by atoms with Crippen molar-refractivity contribution in [2.75, 3.05) is 6.54 Å². The lowest BCUT2D eigenvalue weighted by Gasteiger charge is -2.22. The highest BCUT2D eigenvalue weighted by Gasteiger charge is 2.35. The van der Waals surface area contributed by atoms with Crippen LogP contribution in [0.2, 0.25) is 0 Å². The molecular formula is C15H20N2. The molecule has 1 aromatic rings. The molecule has 0 radical (unpaired) electrons. The van der Waals surface area contributed by atoms with Crippen molar-refractivity contribution in [2.24, 2.45) is 0 Å². The van der Waals surface area contributed by atoms with Gasteiger partial charge in [0.15, 0.2) is 0 Å². The maximum Gasteiger partial charge on any atom is 0.0340 e. The van der Waals surface area contributed by atoms with Crippen molar-refractivity contribution in [3.8, 4) is 0 Å². The summed E-state index contributed by atoms with van der Waals surface area (Å²) in [6.45, 7) is 1.33. The monoisotopic (exact) mass is 228 g/mol. The minimum Gasteiger partial charge on any atom is -0.297 e. The standard InChI is InChI=1S/C15H20N2/c1(4-13-5-2-10-16-12-13)6-14-8-9-15-7-3-11-17(14)15/h1-2,4-5,10,12,14-15H,3,6-9,11H2/b4-1+.